The second-order valence-electron chi connectivity index (χ2n) is 4.91. The topological polar surface area (TPSA) is 69.6 Å². The van der Waals surface area contributed by atoms with E-state index in [0.717, 1.165) is 17.0 Å². The number of rotatable bonds is 4. The van der Waals surface area contributed by atoms with Gasteiger partial charge in [0.25, 0.3) is 0 Å². The summed E-state index contributed by atoms with van der Waals surface area (Å²) >= 11 is 0. The van der Waals surface area contributed by atoms with Crippen LogP contribution in [-0.2, 0) is 13.1 Å². The van der Waals surface area contributed by atoms with Crippen LogP contribution in [0, 0.1) is 6.92 Å². The van der Waals surface area contributed by atoms with E-state index in [1.54, 1.807) is 12.4 Å². The Kier molecular flexibility index (Phi) is 3.75. The molecule has 0 unspecified atom stereocenters. The molecule has 0 radical (unpaired) electrons. The first-order valence-corrected chi connectivity index (χ1v) is 6.87. The van der Waals surface area contributed by atoms with E-state index >= 15 is 0 Å². The first kappa shape index (κ1) is 13.5. The molecule has 0 aliphatic carbocycles. The lowest BCUT2D eigenvalue weighted by Crippen LogP contribution is -2.06. The summed E-state index contributed by atoms with van der Waals surface area (Å²) in [6.07, 6.45) is 3.53. The van der Waals surface area contributed by atoms with Gasteiger partial charge in [0, 0.05) is 24.5 Å². The molecule has 5 nitrogen and oxygen atoms in total. The Morgan fingerprint density at radius 1 is 1.10 bits per heavy atom. The molecular weight excluding hydrogens is 262 g/mol. The largest absolute Gasteiger partial charge is 0.325 e. The van der Waals surface area contributed by atoms with Gasteiger partial charge in [-0.05, 0) is 30.2 Å². The maximum absolute atomic E-state index is 5.79. The monoisotopic (exact) mass is 279 g/mol. The minimum atomic E-state index is 0.366. The molecule has 0 aliphatic heterocycles. The maximum Gasteiger partial charge on any atom is 0.104 e. The molecule has 1 aromatic carbocycles. The zero-order valence-electron chi connectivity index (χ0n) is 11.9. The van der Waals surface area contributed by atoms with Gasteiger partial charge in [0.2, 0.25) is 0 Å². The minimum absolute atomic E-state index is 0.366. The first-order chi connectivity index (χ1) is 10.3. The van der Waals surface area contributed by atoms with Crippen molar-refractivity contribution in [3.8, 4) is 11.3 Å². The van der Waals surface area contributed by atoms with Crippen molar-refractivity contribution in [2.24, 2.45) is 5.73 Å². The third-order valence-electron chi connectivity index (χ3n) is 3.53. The van der Waals surface area contributed by atoms with Crippen LogP contribution in [0.3, 0.4) is 0 Å². The maximum atomic E-state index is 5.79. The normalized spacial score (nSPS) is 10.8. The van der Waals surface area contributed by atoms with Gasteiger partial charge in [0.1, 0.15) is 5.69 Å². The lowest BCUT2D eigenvalue weighted by Gasteiger charge is -2.09. The fourth-order valence-corrected chi connectivity index (χ4v) is 2.37. The fraction of sp³-hybridized carbons (Fsp3) is 0.188. The van der Waals surface area contributed by atoms with Crippen molar-refractivity contribution in [3.05, 3.63) is 65.6 Å². The van der Waals surface area contributed by atoms with Gasteiger partial charge in [0.05, 0.1) is 12.2 Å². The molecule has 2 N–H and O–H groups in total. The van der Waals surface area contributed by atoms with Gasteiger partial charge in [-0.15, -0.1) is 5.10 Å². The van der Waals surface area contributed by atoms with E-state index < -0.39 is 0 Å². The predicted molar refractivity (Wildman–Crippen MR) is 81.4 cm³/mol. The average molecular weight is 279 g/mol. The second kappa shape index (κ2) is 5.85. The molecule has 0 saturated carbocycles. The Balaban J connectivity index is 2.04. The molecule has 3 aromatic rings. The van der Waals surface area contributed by atoms with Gasteiger partial charge in [-0.2, -0.15) is 0 Å². The highest BCUT2D eigenvalue weighted by Gasteiger charge is 2.14. The number of hydrogen-bond acceptors (Lipinski definition) is 4. The summed E-state index contributed by atoms with van der Waals surface area (Å²) < 4.78 is 1.90. The minimum Gasteiger partial charge on any atom is -0.325 e. The van der Waals surface area contributed by atoms with Crippen LogP contribution in [0.5, 0.6) is 0 Å². The third kappa shape index (κ3) is 2.68. The first-order valence-electron chi connectivity index (χ1n) is 6.87. The van der Waals surface area contributed by atoms with Crippen LogP contribution in [0.2, 0.25) is 0 Å². The number of pyridine rings is 1. The Labute approximate surface area is 123 Å². The molecule has 2 heterocycles. The van der Waals surface area contributed by atoms with E-state index in [1.807, 2.05) is 28.9 Å². The molecule has 0 bridgehead atoms. The van der Waals surface area contributed by atoms with Gasteiger partial charge in [-0.1, -0.05) is 29.5 Å². The van der Waals surface area contributed by atoms with Gasteiger partial charge in [0.15, 0.2) is 0 Å². The fourth-order valence-electron chi connectivity index (χ4n) is 2.37. The van der Waals surface area contributed by atoms with Crippen molar-refractivity contribution >= 4 is 0 Å². The van der Waals surface area contributed by atoms with E-state index in [2.05, 4.69) is 34.4 Å². The molecule has 21 heavy (non-hydrogen) atoms. The molecule has 3 rings (SSSR count). The summed E-state index contributed by atoms with van der Waals surface area (Å²) in [4.78, 5) is 4.06. The molecule has 0 fully saturated rings. The van der Waals surface area contributed by atoms with Crippen molar-refractivity contribution in [3.63, 3.8) is 0 Å². The standard InChI is InChI=1S/C16H17N5/c1-12-4-2-3-5-14(12)11-21-16(15(10-17)19-20-21)13-6-8-18-9-7-13/h2-9H,10-11,17H2,1H3. The van der Waals surface area contributed by atoms with E-state index in [-0.39, 0.29) is 0 Å². The molecule has 106 valence electrons. The van der Waals surface area contributed by atoms with Crippen LogP contribution < -0.4 is 5.73 Å². The van der Waals surface area contributed by atoms with Crippen LogP contribution >= 0.6 is 0 Å². The van der Waals surface area contributed by atoms with Crippen molar-refractivity contribution in [1.82, 2.24) is 20.0 Å². The molecule has 0 aliphatic rings. The smallest absolute Gasteiger partial charge is 0.104 e. The lowest BCUT2D eigenvalue weighted by molar-refractivity contribution is 0.652. The van der Waals surface area contributed by atoms with E-state index in [9.17, 15) is 0 Å². The van der Waals surface area contributed by atoms with Crippen molar-refractivity contribution in [1.29, 1.82) is 0 Å². The van der Waals surface area contributed by atoms with Gasteiger partial charge in [-0.25, -0.2) is 4.68 Å². The highest BCUT2D eigenvalue weighted by molar-refractivity contribution is 5.61. The number of nitrogens with two attached hydrogens (primary N) is 1. The number of aryl methyl sites for hydroxylation is 1. The van der Waals surface area contributed by atoms with Crippen LogP contribution in [0.4, 0.5) is 0 Å². The molecule has 0 atom stereocenters. The van der Waals surface area contributed by atoms with Crippen molar-refractivity contribution in [2.45, 2.75) is 20.0 Å². The third-order valence-corrected chi connectivity index (χ3v) is 3.53. The molecule has 0 amide bonds. The number of nitrogens with zero attached hydrogens (tertiary/aromatic N) is 4. The Hall–Kier alpha value is -2.53. The van der Waals surface area contributed by atoms with Gasteiger partial charge in [-0.3, -0.25) is 4.98 Å². The number of aromatic nitrogens is 4. The van der Waals surface area contributed by atoms with Crippen molar-refractivity contribution < 1.29 is 0 Å². The van der Waals surface area contributed by atoms with E-state index in [1.165, 1.54) is 11.1 Å². The summed E-state index contributed by atoms with van der Waals surface area (Å²) in [6, 6.07) is 12.2. The highest BCUT2D eigenvalue weighted by atomic mass is 15.4. The highest BCUT2D eigenvalue weighted by Crippen LogP contribution is 2.22. The summed E-state index contributed by atoms with van der Waals surface area (Å²) in [5.41, 5.74) is 11.0. The SMILES string of the molecule is Cc1ccccc1Cn1nnc(CN)c1-c1ccncc1. The Bertz CT molecular complexity index is 733. The quantitative estimate of drug-likeness (QED) is 0.794. The van der Waals surface area contributed by atoms with E-state index in [0.29, 0.717) is 13.1 Å². The molecule has 0 spiro atoms. The number of hydrogen-bond donors (Lipinski definition) is 1. The summed E-state index contributed by atoms with van der Waals surface area (Å²) in [5, 5.41) is 8.47. The lowest BCUT2D eigenvalue weighted by atomic mass is 10.1. The number of benzene rings is 1. The average Bonchev–Trinajstić information content (AvgIpc) is 2.93. The summed E-state index contributed by atoms with van der Waals surface area (Å²) in [5.74, 6) is 0. The molecule has 0 saturated heterocycles. The second-order valence-corrected chi connectivity index (χ2v) is 4.91. The molecular formula is C16H17N5. The Morgan fingerprint density at radius 3 is 2.57 bits per heavy atom. The molecule has 5 heteroatoms. The Morgan fingerprint density at radius 2 is 1.86 bits per heavy atom. The summed E-state index contributed by atoms with van der Waals surface area (Å²) in [7, 11) is 0. The van der Waals surface area contributed by atoms with Crippen molar-refractivity contribution in [2.75, 3.05) is 0 Å². The van der Waals surface area contributed by atoms with Crippen LogP contribution in [0.25, 0.3) is 11.3 Å². The van der Waals surface area contributed by atoms with Gasteiger partial charge >= 0.3 is 0 Å². The van der Waals surface area contributed by atoms with E-state index in [4.69, 9.17) is 5.73 Å². The molecule has 2 aromatic heterocycles. The van der Waals surface area contributed by atoms with Crippen LogP contribution in [0.15, 0.2) is 48.8 Å². The zero-order valence-corrected chi connectivity index (χ0v) is 11.9. The zero-order chi connectivity index (χ0) is 14.7. The summed E-state index contributed by atoms with van der Waals surface area (Å²) in [6.45, 7) is 3.14. The predicted octanol–water partition coefficient (Wildman–Crippen LogP) is 2.16. The van der Waals surface area contributed by atoms with Crippen LogP contribution in [-0.4, -0.2) is 20.0 Å². The van der Waals surface area contributed by atoms with Crippen LogP contribution in [0.1, 0.15) is 16.8 Å². The van der Waals surface area contributed by atoms with Gasteiger partial charge < -0.3 is 5.73 Å².